The van der Waals surface area contributed by atoms with Crippen LogP contribution in [0.15, 0.2) is 4.52 Å². The number of hydrogen-bond acceptors (Lipinski definition) is 7. The maximum atomic E-state index is 4.86. The van der Waals surface area contributed by atoms with Gasteiger partial charge in [-0.2, -0.15) is 9.78 Å². The van der Waals surface area contributed by atoms with Gasteiger partial charge >= 0.3 is 0 Å². The van der Waals surface area contributed by atoms with Crippen molar-refractivity contribution < 1.29 is 4.52 Å². The van der Waals surface area contributed by atoms with Crippen LogP contribution in [0.5, 0.6) is 0 Å². The van der Waals surface area contributed by atoms with Gasteiger partial charge < -0.3 is 9.84 Å². The number of aryl methyl sites for hydroxylation is 2. The Hall–Kier alpha value is -1.83. The summed E-state index contributed by atoms with van der Waals surface area (Å²) in [5.74, 6) is 1.97. The first-order valence-corrected chi connectivity index (χ1v) is 4.97. The molecular formula is C8H13N7O. The lowest BCUT2D eigenvalue weighted by Gasteiger charge is -1.97. The van der Waals surface area contributed by atoms with E-state index in [-0.39, 0.29) is 0 Å². The summed E-state index contributed by atoms with van der Waals surface area (Å²) in [5.41, 5.74) is 0. The van der Waals surface area contributed by atoms with E-state index in [2.05, 4.69) is 30.9 Å². The van der Waals surface area contributed by atoms with E-state index in [4.69, 9.17) is 4.52 Å². The molecule has 0 aromatic carbocycles. The first-order valence-electron chi connectivity index (χ1n) is 4.97. The van der Waals surface area contributed by atoms with Crippen LogP contribution >= 0.6 is 0 Å². The lowest BCUT2D eigenvalue weighted by Crippen LogP contribution is -2.18. The molecule has 0 aliphatic carbocycles. The Balaban J connectivity index is 1.69. The first kappa shape index (κ1) is 10.7. The normalized spacial score (nSPS) is 10.9. The summed E-state index contributed by atoms with van der Waals surface area (Å²) in [7, 11) is 1.73. The molecule has 0 aliphatic rings. The van der Waals surface area contributed by atoms with Crippen LogP contribution in [0.3, 0.4) is 0 Å². The van der Waals surface area contributed by atoms with E-state index in [0.717, 1.165) is 13.0 Å². The van der Waals surface area contributed by atoms with Crippen LogP contribution in [-0.2, 0) is 20.0 Å². The summed E-state index contributed by atoms with van der Waals surface area (Å²) in [6, 6.07) is 0. The lowest BCUT2D eigenvalue weighted by molar-refractivity contribution is 0.387. The summed E-state index contributed by atoms with van der Waals surface area (Å²) in [4.78, 5) is 5.52. The van der Waals surface area contributed by atoms with Gasteiger partial charge in [-0.15, -0.1) is 10.2 Å². The predicted molar refractivity (Wildman–Crippen MR) is 53.2 cm³/mol. The van der Waals surface area contributed by atoms with Crippen molar-refractivity contribution in [1.29, 1.82) is 0 Å². The fourth-order valence-electron chi connectivity index (χ4n) is 1.24. The van der Waals surface area contributed by atoms with Crippen molar-refractivity contribution in [2.24, 2.45) is 7.05 Å². The van der Waals surface area contributed by atoms with Crippen LogP contribution < -0.4 is 5.32 Å². The largest absolute Gasteiger partial charge is 0.340 e. The first-order chi connectivity index (χ1) is 7.74. The minimum Gasteiger partial charge on any atom is -0.340 e. The molecule has 86 valence electrons. The van der Waals surface area contributed by atoms with Crippen LogP contribution in [0.25, 0.3) is 0 Å². The summed E-state index contributed by atoms with van der Waals surface area (Å²) in [6.07, 6.45) is 0.720. The van der Waals surface area contributed by atoms with Gasteiger partial charge in [-0.05, 0) is 5.21 Å². The second-order valence-electron chi connectivity index (χ2n) is 3.35. The molecule has 0 saturated heterocycles. The molecule has 0 unspecified atom stereocenters. The molecule has 8 heteroatoms. The van der Waals surface area contributed by atoms with Crippen molar-refractivity contribution in [3.8, 4) is 0 Å². The van der Waals surface area contributed by atoms with Gasteiger partial charge in [-0.3, -0.25) is 0 Å². The quantitative estimate of drug-likeness (QED) is 0.665. The van der Waals surface area contributed by atoms with Crippen LogP contribution in [0.2, 0.25) is 0 Å². The highest BCUT2D eigenvalue weighted by molar-refractivity contribution is 4.85. The van der Waals surface area contributed by atoms with Gasteiger partial charge in [0.1, 0.15) is 0 Å². The zero-order valence-corrected chi connectivity index (χ0v) is 9.21. The highest BCUT2D eigenvalue weighted by atomic mass is 16.5. The molecule has 2 aromatic rings. The number of nitrogens with one attached hydrogen (secondary N) is 1. The van der Waals surface area contributed by atoms with Crippen molar-refractivity contribution in [2.75, 3.05) is 6.54 Å². The monoisotopic (exact) mass is 223 g/mol. The van der Waals surface area contributed by atoms with Crippen molar-refractivity contribution in [3.63, 3.8) is 0 Å². The van der Waals surface area contributed by atoms with Crippen LogP contribution in [0.4, 0.5) is 0 Å². The molecule has 0 amide bonds. The van der Waals surface area contributed by atoms with Gasteiger partial charge in [0.15, 0.2) is 11.6 Å². The molecule has 0 fully saturated rings. The van der Waals surface area contributed by atoms with Crippen molar-refractivity contribution in [2.45, 2.75) is 19.9 Å². The fraction of sp³-hybridized carbons (Fsp3) is 0.625. The summed E-state index contributed by atoms with van der Waals surface area (Å²) < 4.78 is 4.86. The van der Waals surface area contributed by atoms with Gasteiger partial charge in [-0.25, -0.2) is 0 Å². The Labute approximate surface area is 92.0 Å². The van der Waals surface area contributed by atoms with E-state index in [9.17, 15) is 0 Å². The van der Waals surface area contributed by atoms with E-state index in [1.807, 2.05) is 0 Å². The molecule has 2 rings (SSSR count). The number of rotatable bonds is 5. The second kappa shape index (κ2) is 4.79. The summed E-state index contributed by atoms with van der Waals surface area (Å²) >= 11 is 0. The van der Waals surface area contributed by atoms with Crippen molar-refractivity contribution in [1.82, 2.24) is 35.7 Å². The molecule has 0 bridgehead atoms. The maximum absolute atomic E-state index is 4.86. The molecular weight excluding hydrogens is 210 g/mol. The maximum Gasteiger partial charge on any atom is 0.223 e. The van der Waals surface area contributed by atoms with Crippen LogP contribution in [0, 0.1) is 6.92 Å². The molecule has 0 radical (unpaired) electrons. The third-order valence-electron chi connectivity index (χ3n) is 1.93. The molecule has 8 nitrogen and oxygen atoms in total. The van der Waals surface area contributed by atoms with Crippen LogP contribution in [-0.4, -0.2) is 36.9 Å². The molecule has 0 spiro atoms. The number of tetrazole rings is 1. The Kier molecular flexibility index (Phi) is 3.20. The average molecular weight is 223 g/mol. The molecule has 2 aromatic heterocycles. The standard InChI is InChI=1S/C8H13N7O/c1-6-10-7(13-16-6)3-4-9-5-8-11-14-15(2)12-8/h9H,3-5H2,1-2H3. The Morgan fingerprint density at radius 1 is 1.38 bits per heavy atom. The smallest absolute Gasteiger partial charge is 0.223 e. The summed E-state index contributed by atoms with van der Waals surface area (Å²) in [6.45, 7) is 3.11. The average Bonchev–Trinajstić information content (AvgIpc) is 2.83. The van der Waals surface area contributed by atoms with E-state index in [1.165, 1.54) is 4.80 Å². The van der Waals surface area contributed by atoms with Gasteiger partial charge in [-0.1, -0.05) is 5.16 Å². The zero-order valence-electron chi connectivity index (χ0n) is 9.21. The van der Waals surface area contributed by atoms with Crippen molar-refractivity contribution >= 4 is 0 Å². The summed E-state index contributed by atoms with van der Waals surface area (Å²) in [5, 5.41) is 18.6. The Bertz CT molecular complexity index is 406. The molecule has 0 atom stereocenters. The zero-order chi connectivity index (χ0) is 11.4. The molecule has 0 aliphatic heterocycles. The molecule has 16 heavy (non-hydrogen) atoms. The van der Waals surface area contributed by atoms with Gasteiger partial charge in [0.2, 0.25) is 5.89 Å². The third kappa shape index (κ3) is 2.83. The third-order valence-corrected chi connectivity index (χ3v) is 1.93. The van der Waals surface area contributed by atoms with E-state index < -0.39 is 0 Å². The second-order valence-corrected chi connectivity index (χ2v) is 3.35. The number of aromatic nitrogens is 6. The number of nitrogens with zero attached hydrogens (tertiary/aromatic N) is 6. The van der Waals surface area contributed by atoms with E-state index in [0.29, 0.717) is 24.1 Å². The lowest BCUT2D eigenvalue weighted by atomic mass is 10.4. The highest BCUT2D eigenvalue weighted by Crippen LogP contribution is 1.94. The molecule has 1 N–H and O–H groups in total. The Morgan fingerprint density at radius 3 is 2.88 bits per heavy atom. The minimum absolute atomic E-state index is 0.588. The minimum atomic E-state index is 0.588. The molecule has 0 saturated carbocycles. The SMILES string of the molecule is Cc1nc(CCNCc2nnn(C)n2)no1. The van der Waals surface area contributed by atoms with Gasteiger partial charge in [0.05, 0.1) is 13.6 Å². The highest BCUT2D eigenvalue weighted by Gasteiger charge is 2.02. The number of hydrogen-bond donors (Lipinski definition) is 1. The van der Waals surface area contributed by atoms with Gasteiger partial charge in [0.25, 0.3) is 0 Å². The molecule has 2 heterocycles. The van der Waals surface area contributed by atoms with E-state index in [1.54, 1.807) is 14.0 Å². The fourth-order valence-corrected chi connectivity index (χ4v) is 1.24. The predicted octanol–water partition coefficient (Wildman–Crippen LogP) is -0.766. The van der Waals surface area contributed by atoms with Crippen LogP contribution in [0.1, 0.15) is 17.5 Å². The van der Waals surface area contributed by atoms with Crippen molar-refractivity contribution in [3.05, 3.63) is 17.5 Å². The topological polar surface area (TPSA) is 94.6 Å². The van der Waals surface area contributed by atoms with E-state index >= 15 is 0 Å². The Morgan fingerprint density at radius 2 is 2.25 bits per heavy atom. The van der Waals surface area contributed by atoms with Gasteiger partial charge in [0, 0.05) is 19.9 Å².